The minimum atomic E-state index is -0.0215. The van der Waals surface area contributed by atoms with Gasteiger partial charge < -0.3 is 9.73 Å². The number of para-hydroxylation sites is 1. The summed E-state index contributed by atoms with van der Waals surface area (Å²) >= 11 is 11.3. The molecular formula is C14H11BrClNOS. The van der Waals surface area contributed by atoms with Crippen LogP contribution >= 0.6 is 38.9 Å². The maximum Gasteiger partial charge on any atom is 0.148 e. The van der Waals surface area contributed by atoms with E-state index in [-0.39, 0.29) is 6.04 Å². The van der Waals surface area contributed by atoms with Crippen LogP contribution in [0.1, 0.15) is 16.7 Å². The summed E-state index contributed by atoms with van der Waals surface area (Å²) in [4.78, 5) is 1.07. The van der Waals surface area contributed by atoms with E-state index in [1.54, 1.807) is 11.3 Å². The molecule has 98 valence electrons. The third kappa shape index (κ3) is 2.34. The first-order valence-corrected chi connectivity index (χ1v) is 7.84. The van der Waals surface area contributed by atoms with E-state index in [2.05, 4.69) is 27.3 Å². The van der Waals surface area contributed by atoms with Gasteiger partial charge in [-0.1, -0.05) is 23.7 Å². The molecule has 0 aliphatic carbocycles. The fourth-order valence-corrected chi connectivity index (χ4v) is 3.85. The van der Waals surface area contributed by atoms with Crippen molar-refractivity contribution >= 4 is 49.8 Å². The van der Waals surface area contributed by atoms with Crippen molar-refractivity contribution in [3.63, 3.8) is 0 Å². The highest BCUT2D eigenvalue weighted by atomic mass is 79.9. The molecule has 0 saturated heterocycles. The summed E-state index contributed by atoms with van der Waals surface area (Å²) in [6.45, 7) is 0. The molecule has 0 aliphatic rings. The quantitative estimate of drug-likeness (QED) is 0.696. The number of furan rings is 1. The molecule has 2 heterocycles. The number of rotatable bonds is 3. The van der Waals surface area contributed by atoms with Crippen molar-refractivity contribution in [2.45, 2.75) is 6.04 Å². The molecule has 1 atom stereocenters. The van der Waals surface area contributed by atoms with Crippen LogP contribution in [-0.2, 0) is 0 Å². The van der Waals surface area contributed by atoms with Crippen LogP contribution in [0.15, 0.2) is 44.6 Å². The van der Waals surface area contributed by atoms with Gasteiger partial charge in [0.2, 0.25) is 0 Å². The Morgan fingerprint density at radius 3 is 2.84 bits per heavy atom. The van der Waals surface area contributed by atoms with Crippen molar-refractivity contribution in [2.75, 3.05) is 7.05 Å². The van der Waals surface area contributed by atoms with E-state index >= 15 is 0 Å². The number of halogens is 2. The fraction of sp³-hybridized carbons (Fsp3) is 0.143. The molecule has 1 N–H and O–H groups in total. The van der Waals surface area contributed by atoms with Gasteiger partial charge in [0, 0.05) is 10.3 Å². The van der Waals surface area contributed by atoms with Crippen molar-refractivity contribution in [2.24, 2.45) is 0 Å². The molecule has 1 aromatic carbocycles. The Bertz CT molecular complexity index is 721. The third-order valence-electron chi connectivity index (χ3n) is 3.00. The van der Waals surface area contributed by atoms with E-state index < -0.39 is 0 Å². The lowest BCUT2D eigenvalue weighted by Gasteiger charge is -2.12. The first-order valence-electron chi connectivity index (χ1n) is 5.79. The number of fused-ring (bicyclic) bond motifs is 1. The van der Waals surface area contributed by atoms with Gasteiger partial charge in [-0.15, -0.1) is 11.3 Å². The second-order valence-electron chi connectivity index (χ2n) is 4.16. The van der Waals surface area contributed by atoms with Crippen molar-refractivity contribution < 1.29 is 4.42 Å². The van der Waals surface area contributed by atoms with Gasteiger partial charge in [-0.25, -0.2) is 0 Å². The Morgan fingerprint density at radius 1 is 1.37 bits per heavy atom. The van der Waals surface area contributed by atoms with Gasteiger partial charge in [0.15, 0.2) is 0 Å². The zero-order valence-corrected chi connectivity index (χ0v) is 13.3. The molecule has 0 radical (unpaired) electrons. The van der Waals surface area contributed by atoms with Crippen LogP contribution in [0, 0.1) is 0 Å². The molecule has 2 aromatic heterocycles. The molecule has 0 saturated carbocycles. The molecule has 0 fully saturated rings. The number of hydrogen-bond donors (Lipinski definition) is 1. The number of thiophene rings is 1. The van der Waals surface area contributed by atoms with Crippen LogP contribution in [0.2, 0.25) is 5.02 Å². The molecule has 1 unspecified atom stereocenters. The Morgan fingerprint density at radius 2 is 2.21 bits per heavy atom. The molecule has 5 heteroatoms. The summed E-state index contributed by atoms with van der Waals surface area (Å²) in [7, 11) is 1.91. The summed E-state index contributed by atoms with van der Waals surface area (Å²) in [6.07, 6.45) is 0. The van der Waals surface area contributed by atoms with Crippen molar-refractivity contribution in [3.8, 4) is 0 Å². The van der Waals surface area contributed by atoms with Gasteiger partial charge in [0.25, 0.3) is 0 Å². The predicted octanol–water partition coefficient (Wildman–Crippen LogP) is 5.22. The van der Waals surface area contributed by atoms with E-state index in [0.29, 0.717) is 0 Å². The maximum atomic E-state index is 6.21. The number of hydrogen-bond acceptors (Lipinski definition) is 3. The maximum absolute atomic E-state index is 6.21. The van der Waals surface area contributed by atoms with Crippen molar-refractivity contribution in [1.29, 1.82) is 0 Å². The summed E-state index contributed by atoms with van der Waals surface area (Å²) in [5.74, 6) is 0.869. The second kappa shape index (κ2) is 5.29. The lowest BCUT2D eigenvalue weighted by Crippen LogP contribution is -2.15. The lowest BCUT2D eigenvalue weighted by atomic mass is 10.1. The molecular weight excluding hydrogens is 346 g/mol. The van der Waals surface area contributed by atoms with Gasteiger partial charge >= 0.3 is 0 Å². The van der Waals surface area contributed by atoms with E-state index in [9.17, 15) is 0 Å². The standard InChI is InChI=1S/C14H11BrClNOS/c1-17-12(14-10(16)5-6-19-14)11-7-8-3-2-4-9(15)13(8)18-11/h2-7,12,17H,1H3. The first-order chi connectivity index (χ1) is 9.20. The van der Waals surface area contributed by atoms with Crippen LogP contribution in [0.4, 0.5) is 0 Å². The van der Waals surface area contributed by atoms with Gasteiger partial charge in [-0.05, 0) is 46.6 Å². The topological polar surface area (TPSA) is 25.2 Å². The molecule has 2 nitrogen and oxygen atoms in total. The predicted molar refractivity (Wildman–Crippen MR) is 84.1 cm³/mol. The number of nitrogens with one attached hydrogen (secondary N) is 1. The fourth-order valence-electron chi connectivity index (χ4n) is 2.10. The van der Waals surface area contributed by atoms with Crippen LogP contribution in [0.25, 0.3) is 11.0 Å². The molecule has 0 spiro atoms. The van der Waals surface area contributed by atoms with Crippen LogP contribution in [0.5, 0.6) is 0 Å². The molecule has 0 amide bonds. The molecule has 0 aliphatic heterocycles. The summed E-state index contributed by atoms with van der Waals surface area (Å²) in [6, 6.07) is 9.95. The van der Waals surface area contributed by atoms with E-state index in [0.717, 1.165) is 31.1 Å². The first kappa shape index (κ1) is 13.2. The third-order valence-corrected chi connectivity index (χ3v) is 5.04. The van der Waals surface area contributed by atoms with Gasteiger partial charge in [-0.3, -0.25) is 0 Å². The smallest absolute Gasteiger partial charge is 0.148 e. The lowest BCUT2D eigenvalue weighted by molar-refractivity contribution is 0.494. The summed E-state index contributed by atoms with van der Waals surface area (Å²) in [5, 5.41) is 7.09. The van der Waals surface area contributed by atoms with Crippen LogP contribution < -0.4 is 5.32 Å². The molecule has 3 rings (SSSR count). The Hall–Kier alpha value is -0.810. The monoisotopic (exact) mass is 355 g/mol. The van der Waals surface area contributed by atoms with E-state index in [1.165, 1.54) is 0 Å². The van der Waals surface area contributed by atoms with Gasteiger partial charge in [-0.2, -0.15) is 0 Å². The Kier molecular flexibility index (Phi) is 3.67. The minimum Gasteiger partial charge on any atom is -0.458 e. The zero-order valence-electron chi connectivity index (χ0n) is 10.1. The van der Waals surface area contributed by atoms with Gasteiger partial charge in [0.1, 0.15) is 17.4 Å². The SMILES string of the molecule is CNC(c1cc2cccc(Br)c2o1)c1sccc1Cl. The van der Waals surface area contributed by atoms with Gasteiger partial charge in [0.05, 0.1) is 9.50 Å². The van der Waals surface area contributed by atoms with Crippen LogP contribution in [0.3, 0.4) is 0 Å². The highest BCUT2D eigenvalue weighted by Crippen LogP contribution is 2.36. The molecule has 3 aromatic rings. The summed E-state index contributed by atoms with van der Waals surface area (Å²) < 4.78 is 6.93. The minimum absolute atomic E-state index is 0.0215. The Balaban J connectivity index is 2.12. The van der Waals surface area contributed by atoms with E-state index in [4.69, 9.17) is 16.0 Å². The average Bonchev–Trinajstić information content (AvgIpc) is 2.99. The zero-order chi connectivity index (χ0) is 13.4. The second-order valence-corrected chi connectivity index (χ2v) is 6.37. The molecule has 0 bridgehead atoms. The van der Waals surface area contributed by atoms with Crippen LogP contribution in [-0.4, -0.2) is 7.05 Å². The number of benzene rings is 1. The largest absolute Gasteiger partial charge is 0.458 e. The highest BCUT2D eigenvalue weighted by molar-refractivity contribution is 9.10. The normalized spacial score (nSPS) is 13.0. The highest BCUT2D eigenvalue weighted by Gasteiger charge is 2.21. The Labute approximate surface area is 128 Å². The van der Waals surface area contributed by atoms with E-state index in [1.807, 2.05) is 36.7 Å². The van der Waals surface area contributed by atoms with Crippen molar-refractivity contribution in [3.05, 3.63) is 55.8 Å². The summed E-state index contributed by atoms with van der Waals surface area (Å²) in [5.41, 5.74) is 0.866. The molecule has 19 heavy (non-hydrogen) atoms. The average molecular weight is 357 g/mol. The van der Waals surface area contributed by atoms with Crippen molar-refractivity contribution in [1.82, 2.24) is 5.32 Å².